The maximum absolute atomic E-state index is 12.2. The van der Waals surface area contributed by atoms with Gasteiger partial charge in [-0.2, -0.15) is 8.42 Å². The summed E-state index contributed by atoms with van der Waals surface area (Å²) >= 11 is 0. The third-order valence-electron chi connectivity index (χ3n) is 4.24. The van der Waals surface area contributed by atoms with Crippen molar-refractivity contribution in [2.24, 2.45) is 12.8 Å². The minimum atomic E-state index is -4.13. The molecule has 2 aromatic carbocycles. The van der Waals surface area contributed by atoms with Crippen molar-refractivity contribution in [3.63, 3.8) is 0 Å². The maximum atomic E-state index is 12.2. The molecular formula is C18H19N5O4S. The van der Waals surface area contributed by atoms with Gasteiger partial charge in [0.05, 0.1) is 16.8 Å². The van der Waals surface area contributed by atoms with Crippen LogP contribution in [0.3, 0.4) is 0 Å². The molecule has 1 aromatic heterocycles. The molecule has 9 nitrogen and oxygen atoms in total. The molecule has 0 atom stereocenters. The Morgan fingerprint density at radius 2 is 1.86 bits per heavy atom. The standard InChI is InChI=1S/C18H19N5O4S/c1-23-15-7-6-13(18(24)21-8-9-28(25,26)27)10-14(15)22-17(23)12-4-2-11(3-5-12)16(19)20/h2-7,10H,8-9H2,1H3,(H3,19,20)(H,21,24)(H,25,26,27). The zero-order valence-electron chi connectivity index (χ0n) is 15.0. The highest BCUT2D eigenvalue weighted by Gasteiger charge is 2.14. The summed E-state index contributed by atoms with van der Waals surface area (Å²) in [4.78, 5) is 16.8. The molecule has 0 radical (unpaired) electrons. The summed E-state index contributed by atoms with van der Waals surface area (Å²) in [6, 6.07) is 12.1. The molecule has 0 bridgehead atoms. The Hall–Kier alpha value is -3.24. The van der Waals surface area contributed by atoms with Crippen LogP contribution in [0, 0.1) is 5.41 Å². The number of carbonyl (C=O) groups is 1. The second-order valence-electron chi connectivity index (χ2n) is 6.23. The number of rotatable bonds is 6. The van der Waals surface area contributed by atoms with Gasteiger partial charge >= 0.3 is 0 Å². The van der Waals surface area contributed by atoms with Crippen LogP contribution >= 0.6 is 0 Å². The van der Waals surface area contributed by atoms with Gasteiger partial charge in [-0.1, -0.05) is 24.3 Å². The largest absolute Gasteiger partial charge is 0.384 e. The second kappa shape index (κ2) is 7.41. The van der Waals surface area contributed by atoms with Gasteiger partial charge in [0.25, 0.3) is 16.0 Å². The number of amidine groups is 1. The van der Waals surface area contributed by atoms with Crippen LogP contribution in [0.2, 0.25) is 0 Å². The first-order valence-electron chi connectivity index (χ1n) is 8.30. The zero-order chi connectivity index (χ0) is 20.5. The van der Waals surface area contributed by atoms with E-state index >= 15 is 0 Å². The van der Waals surface area contributed by atoms with Crippen molar-refractivity contribution in [2.45, 2.75) is 0 Å². The number of nitrogens with two attached hydrogens (primary N) is 1. The lowest BCUT2D eigenvalue weighted by atomic mass is 10.1. The normalized spacial score (nSPS) is 11.5. The number of fused-ring (bicyclic) bond motifs is 1. The monoisotopic (exact) mass is 401 g/mol. The number of aromatic nitrogens is 2. The molecule has 28 heavy (non-hydrogen) atoms. The summed E-state index contributed by atoms with van der Waals surface area (Å²) in [5.74, 6) is -0.330. The van der Waals surface area contributed by atoms with Gasteiger partial charge in [-0.25, -0.2) is 4.98 Å². The zero-order valence-corrected chi connectivity index (χ0v) is 15.8. The first kappa shape index (κ1) is 19.5. The lowest BCUT2D eigenvalue weighted by Gasteiger charge is -2.05. The van der Waals surface area contributed by atoms with E-state index in [4.69, 9.17) is 15.7 Å². The molecule has 146 valence electrons. The van der Waals surface area contributed by atoms with Gasteiger partial charge in [-0.3, -0.25) is 14.8 Å². The van der Waals surface area contributed by atoms with Gasteiger partial charge in [0.1, 0.15) is 11.7 Å². The van der Waals surface area contributed by atoms with Crippen molar-refractivity contribution in [3.05, 3.63) is 53.6 Å². The van der Waals surface area contributed by atoms with Crippen LogP contribution < -0.4 is 11.1 Å². The molecule has 0 aliphatic rings. The number of carbonyl (C=O) groups excluding carboxylic acids is 1. The predicted molar refractivity (Wildman–Crippen MR) is 106 cm³/mol. The van der Waals surface area contributed by atoms with E-state index < -0.39 is 21.8 Å². The minimum Gasteiger partial charge on any atom is -0.384 e. The topological polar surface area (TPSA) is 151 Å². The fraction of sp³-hybridized carbons (Fsp3) is 0.167. The van der Waals surface area contributed by atoms with E-state index in [1.807, 2.05) is 23.7 Å². The summed E-state index contributed by atoms with van der Waals surface area (Å²) in [7, 11) is -2.27. The number of aryl methyl sites for hydroxylation is 1. The van der Waals surface area contributed by atoms with Gasteiger partial charge in [-0.15, -0.1) is 0 Å². The van der Waals surface area contributed by atoms with Crippen molar-refractivity contribution >= 4 is 32.9 Å². The molecule has 1 heterocycles. The van der Waals surface area contributed by atoms with E-state index in [1.165, 1.54) is 0 Å². The number of hydrogen-bond acceptors (Lipinski definition) is 5. The fourth-order valence-electron chi connectivity index (χ4n) is 2.79. The number of benzene rings is 2. The molecule has 0 saturated heterocycles. The smallest absolute Gasteiger partial charge is 0.266 e. The lowest BCUT2D eigenvalue weighted by molar-refractivity contribution is 0.0956. The fourth-order valence-corrected chi connectivity index (χ4v) is 3.15. The quantitative estimate of drug-likeness (QED) is 0.276. The molecular weight excluding hydrogens is 382 g/mol. The Bertz CT molecular complexity index is 1170. The van der Waals surface area contributed by atoms with Crippen molar-refractivity contribution < 1.29 is 17.8 Å². The maximum Gasteiger partial charge on any atom is 0.266 e. The summed E-state index contributed by atoms with van der Waals surface area (Å²) < 4.78 is 32.1. The molecule has 0 saturated carbocycles. The summed E-state index contributed by atoms with van der Waals surface area (Å²) in [5.41, 5.74) is 8.69. The first-order chi connectivity index (χ1) is 13.2. The van der Waals surface area contributed by atoms with Gasteiger partial charge < -0.3 is 15.6 Å². The molecule has 0 spiro atoms. The van der Waals surface area contributed by atoms with Crippen molar-refractivity contribution in [2.75, 3.05) is 12.3 Å². The number of amides is 1. The molecule has 10 heteroatoms. The van der Waals surface area contributed by atoms with E-state index in [1.54, 1.807) is 30.3 Å². The lowest BCUT2D eigenvalue weighted by Crippen LogP contribution is -2.28. The molecule has 0 unspecified atom stereocenters. The van der Waals surface area contributed by atoms with E-state index in [2.05, 4.69) is 10.3 Å². The average molecular weight is 401 g/mol. The second-order valence-corrected chi connectivity index (χ2v) is 7.80. The van der Waals surface area contributed by atoms with Gasteiger partial charge in [0.15, 0.2) is 0 Å². The number of nitrogens with zero attached hydrogens (tertiary/aromatic N) is 2. The number of nitrogen functional groups attached to an aromatic ring is 1. The predicted octanol–water partition coefficient (Wildman–Crippen LogP) is 1.14. The van der Waals surface area contributed by atoms with Crippen molar-refractivity contribution in [1.29, 1.82) is 5.41 Å². The Morgan fingerprint density at radius 3 is 2.46 bits per heavy atom. The third kappa shape index (κ3) is 4.18. The SMILES string of the molecule is Cn1c(-c2ccc(C(=N)N)cc2)nc2cc(C(=O)NCCS(=O)(=O)O)ccc21. The Kier molecular flexibility index (Phi) is 5.16. The summed E-state index contributed by atoms with van der Waals surface area (Å²) in [6.07, 6.45) is 0. The molecule has 5 N–H and O–H groups in total. The van der Waals surface area contributed by atoms with E-state index in [0.717, 1.165) is 11.1 Å². The molecule has 3 aromatic rings. The summed E-state index contributed by atoms with van der Waals surface area (Å²) in [5, 5.41) is 9.90. The Balaban J connectivity index is 1.87. The van der Waals surface area contributed by atoms with Crippen LogP contribution in [0.1, 0.15) is 15.9 Å². The van der Waals surface area contributed by atoms with Crippen LogP contribution in [0.15, 0.2) is 42.5 Å². The molecule has 0 fully saturated rings. The number of hydrogen-bond donors (Lipinski definition) is 4. The van der Waals surface area contributed by atoms with Gasteiger partial charge in [0, 0.05) is 30.3 Å². The van der Waals surface area contributed by atoms with Crippen LogP contribution in [-0.2, 0) is 17.2 Å². The van der Waals surface area contributed by atoms with Crippen LogP contribution in [0.4, 0.5) is 0 Å². The number of imidazole rings is 1. The highest BCUT2D eigenvalue weighted by molar-refractivity contribution is 7.85. The third-order valence-corrected chi connectivity index (χ3v) is 4.96. The minimum absolute atomic E-state index is 0.0128. The van der Waals surface area contributed by atoms with E-state index in [-0.39, 0.29) is 12.4 Å². The molecule has 3 rings (SSSR count). The van der Waals surface area contributed by atoms with E-state index in [0.29, 0.717) is 22.5 Å². The van der Waals surface area contributed by atoms with Crippen LogP contribution in [0.25, 0.3) is 22.4 Å². The van der Waals surface area contributed by atoms with Crippen LogP contribution in [-0.4, -0.2) is 46.6 Å². The summed E-state index contributed by atoms with van der Waals surface area (Å²) in [6.45, 7) is -0.189. The molecule has 0 aliphatic carbocycles. The van der Waals surface area contributed by atoms with E-state index in [9.17, 15) is 13.2 Å². The first-order valence-corrected chi connectivity index (χ1v) is 9.91. The Morgan fingerprint density at radius 1 is 1.21 bits per heavy atom. The van der Waals surface area contributed by atoms with Gasteiger partial charge in [-0.05, 0) is 18.2 Å². The van der Waals surface area contributed by atoms with Gasteiger partial charge in [0.2, 0.25) is 0 Å². The highest BCUT2D eigenvalue weighted by atomic mass is 32.2. The van der Waals surface area contributed by atoms with Crippen LogP contribution in [0.5, 0.6) is 0 Å². The van der Waals surface area contributed by atoms with Crippen molar-refractivity contribution in [3.8, 4) is 11.4 Å². The average Bonchev–Trinajstić information content (AvgIpc) is 2.97. The highest BCUT2D eigenvalue weighted by Crippen LogP contribution is 2.24. The number of nitrogens with one attached hydrogen (secondary N) is 2. The molecule has 1 amide bonds. The Labute approximate surface area is 161 Å². The molecule has 0 aliphatic heterocycles. The van der Waals surface area contributed by atoms with Crippen molar-refractivity contribution in [1.82, 2.24) is 14.9 Å².